The molecule has 138 valence electrons. The van der Waals surface area contributed by atoms with Crippen LogP contribution in [0.15, 0.2) is 11.7 Å². The second-order valence-corrected chi connectivity index (χ2v) is 5.10. The Morgan fingerprint density at radius 3 is 2.20 bits per heavy atom. The Morgan fingerprint density at radius 1 is 1.16 bits per heavy atom. The van der Waals surface area contributed by atoms with Gasteiger partial charge in [0.1, 0.15) is 11.6 Å². The van der Waals surface area contributed by atoms with Gasteiger partial charge in [0.05, 0.1) is 10.4 Å². The van der Waals surface area contributed by atoms with Crippen molar-refractivity contribution in [3.05, 3.63) is 33.7 Å². The van der Waals surface area contributed by atoms with Crippen LogP contribution in [0, 0.1) is 13.8 Å². The molecule has 0 spiro atoms. The predicted octanol–water partition coefficient (Wildman–Crippen LogP) is -3.99. The van der Waals surface area contributed by atoms with Gasteiger partial charge in [-0.3, -0.25) is 0 Å². The van der Waals surface area contributed by atoms with Crippen molar-refractivity contribution in [1.29, 1.82) is 0 Å². The molecule has 2 aromatic rings. The Labute approximate surface area is 209 Å². The summed E-state index contributed by atoms with van der Waals surface area (Å²) in [6, 6.07) is 0. The van der Waals surface area contributed by atoms with Crippen LogP contribution in [0.3, 0.4) is 0 Å². The first-order valence-corrected chi connectivity index (χ1v) is 6.65. The van der Waals surface area contributed by atoms with E-state index >= 15 is 0 Å². The van der Waals surface area contributed by atoms with E-state index in [1.807, 2.05) is 19.4 Å². The standard InChI is InChI=1S/C12H17N4OS.Mo.2Na.4H2O.2H/c1-8-11(3-4-17)18-7-16(8)6-10-5-14-9(2)15-12(10)13;;;;;;;;;/h5,7,17H,3-4,6H2,1-2H3,(H2,13,14,15);;;;4*1H2;;/q+1;;;;;;;;;. The summed E-state index contributed by atoms with van der Waals surface area (Å²) in [5, 5.41) is 8.98. The van der Waals surface area contributed by atoms with Crippen LogP contribution >= 0.6 is 11.3 Å². The monoisotopic (exact) mass is 483 g/mol. The van der Waals surface area contributed by atoms with Crippen molar-refractivity contribution in [2.75, 3.05) is 12.3 Å². The molecule has 2 aromatic heterocycles. The van der Waals surface area contributed by atoms with E-state index in [0.29, 0.717) is 24.6 Å². The summed E-state index contributed by atoms with van der Waals surface area (Å²) in [4.78, 5) is 9.53. The van der Waals surface area contributed by atoms with E-state index in [2.05, 4.69) is 14.5 Å². The van der Waals surface area contributed by atoms with Gasteiger partial charge in [-0.25, -0.2) is 9.97 Å². The molecule has 9 nitrogen and oxygen atoms in total. The van der Waals surface area contributed by atoms with E-state index in [1.54, 1.807) is 17.5 Å². The molecule has 0 saturated heterocycles. The first kappa shape index (κ1) is 40.6. The number of hydrogen-bond donors (Lipinski definition) is 2. The number of aromatic nitrogens is 3. The molecule has 0 radical (unpaired) electrons. The summed E-state index contributed by atoms with van der Waals surface area (Å²) >= 11 is 1.65. The van der Waals surface area contributed by atoms with Crippen molar-refractivity contribution < 1.29 is 52.6 Å². The Morgan fingerprint density at radius 2 is 1.72 bits per heavy atom. The molecule has 2 rings (SSSR count). The Hall–Kier alpha value is 0.998. The van der Waals surface area contributed by atoms with Crippen LogP contribution in [0.4, 0.5) is 5.82 Å². The zero-order valence-corrected chi connectivity index (χ0v) is 15.8. The number of thiazole rings is 1. The summed E-state index contributed by atoms with van der Waals surface area (Å²) in [7, 11) is 0. The maximum atomic E-state index is 8.98. The van der Waals surface area contributed by atoms with Gasteiger partial charge >= 0.3 is 59.1 Å². The average molecular weight is 481 g/mol. The van der Waals surface area contributed by atoms with E-state index in [0.717, 1.165) is 11.3 Å². The average Bonchev–Trinajstić information content (AvgIpc) is 2.66. The first-order chi connectivity index (χ1) is 8.61. The van der Waals surface area contributed by atoms with Crippen LogP contribution in [0.1, 0.15) is 22.0 Å². The summed E-state index contributed by atoms with van der Waals surface area (Å²) in [6.45, 7) is 4.71. The fourth-order valence-corrected chi connectivity index (χ4v) is 2.75. The van der Waals surface area contributed by atoms with Crippen molar-refractivity contribution >= 4 is 76.3 Å². The molecular formula is C12H27MoN4Na2O5S+. The summed E-state index contributed by atoms with van der Waals surface area (Å²) in [5.74, 6) is 1.22. The molecule has 13 heteroatoms. The Kier molecular flexibility index (Phi) is 32.1. The van der Waals surface area contributed by atoms with Gasteiger partial charge in [0.25, 0.3) is 0 Å². The maximum absolute atomic E-state index is 8.98. The van der Waals surface area contributed by atoms with Crippen LogP contribution in [-0.2, 0) is 34.0 Å². The minimum absolute atomic E-state index is 0. The predicted molar refractivity (Wildman–Crippen MR) is 99.1 cm³/mol. The number of aryl methyl sites for hydroxylation is 1. The van der Waals surface area contributed by atoms with Crippen LogP contribution in [0.2, 0.25) is 0 Å². The third-order valence-electron chi connectivity index (χ3n) is 2.85. The molecular weight excluding hydrogens is 454 g/mol. The Balaban J connectivity index is -0.000000129. The molecule has 0 saturated carbocycles. The van der Waals surface area contributed by atoms with E-state index in [4.69, 9.17) is 10.8 Å². The number of anilines is 1. The van der Waals surface area contributed by atoms with Crippen molar-refractivity contribution in [2.24, 2.45) is 0 Å². The quantitative estimate of drug-likeness (QED) is 0.331. The molecule has 0 atom stereocenters. The van der Waals surface area contributed by atoms with Crippen LogP contribution < -0.4 is 10.3 Å². The van der Waals surface area contributed by atoms with Crippen molar-refractivity contribution in [2.45, 2.75) is 26.8 Å². The number of nitrogens with two attached hydrogens (primary N) is 1. The number of nitrogen functional groups attached to an aromatic ring is 1. The van der Waals surface area contributed by atoms with Crippen LogP contribution in [0.5, 0.6) is 0 Å². The Bertz CT molecular complexity index is 580. The number of rotatable bonds is 4. The van der Waals surface area contributed by atoms with Gasteiger partial charge in [-0.2, -0.15) is 4.57 Å². The van der Waals surface area contributed by atoms with E-state index < -0.39 is 0 Å². The summed E-state index contributed by atoms with van der Waals surface area (Å²) in [5.41, 5.74) is 10.0. The van der Waals surface area contributed by atoms with Crippen LogP contribution in [-0.4, -0.2) is 103 Å². The molecule has 11 N–H and O–H groups in total. The first-order valence-electron chi connectivity index (χ1n) is 5.77. The third-order valence-corrected chi connectivity index (χ3v) is 4.00. The molecule has 0 unspecified atom stereocenters. The topological polar surface area (TPSA) is 202 Å². The fraction of sp³-hybridized carbons (Fsp3) is 0.417. The number of nitrogens with zero attached hydrogens (tertiary/aromatic N) is 3. The molecule has 25 heavy (non-hydrogen) atoms. The molecule has 0 amide bonds. The van der Waals surface area contributed by atoms with Gasteiger partial charge in [-0.15, -0.1) is 0 Å². The zero-order chi connectivity index (χ0) is 13.1. The second kappa shape index (κ2) is 19.8. The molecule has 0 aliphatic carbocycles. The fourth-order valence-electron chi connectivity index (χ4n) is 1.77. The number of aliphatic hydroxyl groups excluding tert-OH is 1. The second-order valence-electron chi connectivity index (χ2n) is 4.16. The summed E-state index contributed by atoms with van der Waals surface area (Å²) < 4.78 is 2.11. The molecule has 0 aromatic carbocycles. The summed E-state index contributed by atoms with van der Waals surface area (Å²) in [6.07, 6.45) is 2.47. The van der Waals surface area contributed by atoms with E-state index in [-0.39, 0.29) is 109 Å². The van der Waals surface area contributed by atoms with Crippen LogP contribution in [0.25, 0.3) is 0 Å². The van der Waals surface area contributed by atoms with Crippen molar-refractivity contribution in [3.63, 3.8) is 0 Å². The van der Waals surface area contributed by atoms with E-state index in [1.165, 1.54) is 4.88 Å². The number of aliphatic hydroxyl groups is 1. The van der Waals surface area contributed by atoms with Gasteiger partial charge in [0.15, 0.2) is 12.2 Å². The van der Waals surface area contributed by atoms with Gasteiger partial charge in [0.2, 0.25) is 5.51 Å². The molecule has 0 aliphatic heterocycles. The molecule has 0 fully saturated rings. The van der Waals surface area contributed by atoms with Crippen molar-refractivity contribution in [1.82, 2.24) is 9.97 Å². The molecule has 0 bridgehead atoms. The SMILES string of the molecule is Cc1ncc(C[n+]2csc(CCO)c2C)c(N)n1.O.O.O.O.[Mo].[NaH].[NaH]. The third kappa shape index (κ3) is 11.4. The van der Waals surface area contributed by atoms with Gasteiger partial charge < -0.3 is 32.7 Å². The zero-order valence-electron chi connectivity index (χ0n) is 13.0. The van der Waals surface area contributed by atoms with Gasteiger partial charge in [0, 0.05) is 47.2 Å². The molecule has 0 aliphatic rings. The number of hydrogen-bond acceptors (Lipinski definition) is 5. The van der Waals surface area contributed by atoms with Gasteiger partial charge in [-0.05, 0) is 6.92 Å². The van der Waals surface area contributed by atoms with Crippen molar-refractivity contribution in [3.8, 4) is 0 Å². The van der Waals surface area contributed by atoms with E-state index in [9.17, 15) is 0 Å². The molecule has 2 heterocycles. The minimum atomic E-state index is 0. The van der Waals surface area contributed by atoms with Gasteiger partial charge in [-0.1, -0.05) is 11.3 Å². The normalized spacial score (nSPS) is 7.80.